The molecule has 0 saturated heterocycles. The van der Waals surface area contributed by atoms with Crippen molar-refractivity contribution in [3.8, 4) is 0 Å². The Bertz CT molecular complexity index is 664. The smallest absolute Gasteiger partial charge is 0.0738 e. The molecule has 1 aliphatic carbocycles. The van der Waals surface area contributed by atoms with E-state index in [1.807, 2.05) is 0 Å². The van der Waals surface area contributed by atoms with Crippen LogP contribution in [0.4, 0.5) is 0 Å². The molecule has 0 spiro atoms. The first-order valence-corrected chi connectivity index (χ1v) is 7.82. The topological polar surface area (TPSA) is 34.1 Å². The molecule has 0 saturated carbocycles. The molecule has 0 unspecified atom stereocenters. The summed E-state index contributed by atoms with van der Waals surface area (Å²) in [7, 11) is 1.74. The van der Waals surface area contributed by atoms with Crippen LogP contribution < -0.4 is 5.32 Å². The summed E-state index contributed by atoms with van der Waals surface area (Å²) >= 11 is 0. The lowest BCUT2D eigenvalue weighted by Crippen LogP contribution is -2.20. The lowest BCUT2D eigenvalue weighted by Gasteiger charge is -2.15. The maximum Gasteiger partial charge on any atom is 0.0738 e. The predicted octanol–water partition coefficient (Wildman–Crippen LogP) is 3.08. The number of hydrogen-bond donors (Lipinski definition) is 1. The highest BCUT2D eigenvalue weighted by Gasteiger charge is 2.20. The number of aryl methyl sites for hydroxylation is 3. The fraction of sp³-hybridized carbons (Fsp3) is 0.500. The van der Waals surface area contributed by atoms with E-state index in [1.54, 1.807) is 7.11 Å². The van der Waals surface area contributed by atoms with Crippen molar-refractivity contribution >= 4 is 10.9 Å². The molecule has 1 aromatic heterocycles. The Kier molecular flexibility index (Phi) is 4.22. The van der Waals surface area contributed by atoms with Crippen molar-refractivity contribution in [3.05, 3.63) is 40.1 Å². The molecule has 1 aromatic carbocycles. The first-order valence-electron chi connectivity index (χ1n) is 7.82. The van der Waals surface area contributed by atoms with Crippen LogP contribution >= 0.6 is 0 Å². The van der Waals surface area contributed by atoms with Crippen molar-refractivity contribution in [2.45, 2.75) is 39.7 Å². The molecule has 0 radical (unpaired) electrons. The molecule has 1 aliphatic rings. The number of hydrogen-bond acceptors (Lipinski definition) is 3. The number of pyridine rings is 1. The molecule has 1 N–H and O–H groups in total. The van der Waals surface area contributed by atoms with E-state index in [4.69, 9.17) is 9.72 Å². The Balaban J connectivity index is 2.06. The van der Waals surface area contributed by atoms with Crippen LogP contribution in [0.5, 0.6) is 0 Å². The molecule has 3 nitrogen and oxygen atoms in total. The maximum absolute atomic E-state index is 5.12. The molecule has 112 valence electrons. The first kappa shape index (κ1) is 14.5. The second-order valence-electron chi connectivity index (χ2n) is 6.02. The van der Waals surface area contributed by atoms with Gasteiger partial charge in [0.15, 0.2) is 0 Å². The van der Waals surface area contributed by atoms with Crippen molar-refractivity contribution in [3.63, 3.8) is 0 Å². The van der Waals surface area contributed by atoms with E-state index in [9.17, 15) is 0 Å². The molecule has 2 aromatic rings. The molecule has 3 heteroatoms. The minimum atomic E-state index is 0.753. The van der Waals surface area contributed by atoms with Gasteiger partial charge in [0.1, 0.15) is 0 Å². The summed E-state index contributed by atoms with van der Waals surface area (Å²) in [4.78, 5) is 4.95. The normalized spacial score (nSPS) is 13.9. The predicted molar refractivity (Wildman–Crippen MR) is 86.8 cm³/mol. The fourth-order valence-corrected chi connectivity index (χ4v) is 3.40. The van der Waals surface area contributed by atoms with Gasteiger partial charge in [-0.05, 0) is 55.9 Å². The molecule has 0 amide bonds. The number of methoxy groups -OCH3 is 1. The summed E-state index contributed by atoms with van der Waals surface area (Å²) in [5.41, 5.74) is 8.05. The number of nitrogens with one attached hydrogen (secondary N) is 1. The standard InChI is InChI=1S/C18H24N2O/c1-12-9-13(2)18-15(10-12)16(11-19-7-8-21-3)14-5-4-6-17(14)20-18/h9-10,19H,4-8,11H2,1-3H3. The second-order valence-corrected chi connectivity index (χ2v) is 6.02. The van der Waals surface area contributed by atoms with Crippen LogP contribution in [-0.4, -0.2) is 25.2 Å². The van der Waals surface area contributed by atoms with Gasteiger partial charge >= 0.3 is 0 Å². The number of ether oxygens (including phenoxy) is 1. The van der Waals surface area contributed by atoms with Crippen LogP contribution in [0, 0.1) is 13.8 Å². The van der Waals surface area contributed by atoms with Gasteiger partial charge in [0.05, 0.1) is 12.1 Å². The zero-order chi connectivity index (χ0) is 14.8. The van der Waals surface area contributed by atoms with Crippen molar-refractivity contribution < 1.29 is 4.74 Å². The van der Waals surface area contributed by atoms with Crippen molar-refractivity contribution in [2.24, 2.45) is 0 Å². The Morgan fingerprint density at radius 2 is 2.10 bits per heavy atom. The van der Waals surface area contributed by atoms with Crippen LogP contribution in [0.3, 0.4) is 0 Å². The van der Waals surface area contributed by atoms with Crippen LogP contribution in [0.1, 0.15) is 34.4 Å². The molecule has 0 atom stereocenters. The minimum absolute atomic E-state index is 0.753. The second kappa shape index (κ2) is 6.12. The van der Waals surface area contributed by atoms with E-state index in [0.717, 1.165) is 26.1 Å². The number of fused-ring (bicyclic) bond motifs is 2. The van der Waals surface area contributed by atoms with E-state index in [-0.39, 0.29) is 0 Å². The summed E-state index contributed by atoms with van der Waals surface area (Å²) < 4.78 is 5.12. The van der Waals surface area contributed by atoms with Crippen molar-refractivity contribution in [2.75, 3.05) is 20.3 Å². The molecule has 0 aliphatic heterocycles. The Morgan fingerprint density at radius 1 is 1.24 bits per heavy atom. The minimum Gasteiger partial charge on any atom is -0.383 e. The van der Waals surface area contributed by atoms with E-state index in [1.165, 1.54) is 51.7 Å². The average Bonchev–Trinajstić information content (AvgIpc) is 2.91. The quantitative estimate of drug-likeness (QED) is 0.857. The summed E-state index contributed by atoms with van der Waals surface area (Å²) in [5.74, 6) is 0. The summed E-state index contributed by atoms with van der Waals surface area (Å²) in [6.07, 6.45) is 3.54. The van der Waals surface area contributed by atoms with Gasteiger partial charge in [-0.2, -0.15) is 0 Å². The van der Waals surface area contributed by atoms with Crippen LogP contribution in [-0.2, 0) is 24.1 Å². The summed E-state index contributed by atoms with van der Waals surface area (Å²) in [5, 5.41) is 4.84. The third-order valence-corrected chi connectivity index (χ3v) is 4.35. The fourth-order valence-electron chi connectivity index (χ4n) is 3.40. The number of rotatable bonds is 5. The lowest BCUT2D eigenvalue weighted by atomic mass is 9.97. The van der Waals surface area contributed by atoms with E-state index < -0.39 is 0 Å². The molecular formula is C18H24N2O. The molecular weight excluding hydrogens is 260 g/mol. The van der Waals surface area contributed by atoms with Crippen LogP contribution in [0.2, 0.25) is 0 Å². The molecule has 3 rings (SSSR count). The SMILES string of the molecule is COCCNCc1c2c(nc3c(C)cc(C)cc13)CCC2. The Labute approximate surface area is 126 Å². The van der Waals surface area contributed by atoms with E-state index in [2.05, 4.69) is 31.3 Å². The molecule has 21 heavy (non-hydrogen) atoms. The highest BCUT2D eigenvalue weighted by molar-refractivity contribution is 5.87. The third kappa shape index (κ3) is 2.81. The Morgan fingerprint density at radius 3 is 2.90 bits per heavy atom. The van der Waals surface area contributed by atoms with Gasteiger partial charge in [0.25, 0.3) is 0 Å². The van der Waals surface area contributed by atoms with Crippen LogP contribution in [0.15, 0.2) is 12.1 Å². The van der Waals surface area contributed by atoms with Gasteiger partial charge in [0, 0.05) is 31.3 Å². The van der Waals surface area contributed by atoms with Gasteiger partial charge in [0.2, 0.25) is 0 Å². The van der Waals surface area contributed by atoms with Gasteiger partial charge in [-0.1, -0.05) is 11.6 Å². The van der Waals surface area contributed by atoms with Gasteiger partial charge in [-0.15, -0.1) is 0 Å². The van der Waals surface area contributed by atoms with Crippen molar-refractivity contribution in [1.29, 1.82) is 0 Å². The number of aromatic nitrogens is 1. The van der Waals surface area contributed by atoms with E-state index in [0.29, 0.717) is 0 Å². The van der Waals surface area contributed by atoms with E-state index >= 15 is 0 Å². The first-order chi connectivity index (χ1) is 10.2. The third-order valence-electron chi connectivity index (χ3n) is 4.35. The molecule has 0 fully saturated rings. The zero-order valence-electron chi connectivity index (χ0n) is 13.3. The van der Waals surface area contributed by atoms with Gasteiger partial charge in [-0.25, -0.2) is 0 Å². The highest BCUT2D eigenvalue weighted by atomic mass is 16.5. The lowest BCUT2D eigenvalue weighted by molar-refractivity contribution is 0.199. The molecule has 0 bridgehead atoms. The zero-order valence-corrected chi connectivity index (χ0v) is 13.3. The summed E-state index contributed by atoms with van der Waals surface area (Å²) in [6, 6.07) is 4.53. The number of nitrogens with zero attached hydrogens (tertiary/aromatic N) is 1. The van der Waals surface area contributed by atoms with Crippen LogP contribution in [0.25, 0.3) is 10.9 Å². The molecule has 1 heterocycles. The largest absolute Gasteiger partial charge is 0.383 e. The maximum atomic E-state index is 5.12. The van der Waals surface area contributed by atoms with Crippen molar-refractivity contribution in [1.82, 2.24) is 10.3 Å². The van der Waals surface area contributed by atoms with Gasteiger partial charge < -0.3 is 10.1 Å². The summed E-state index contributed by atoms with van der Waals surface area (Å²) in [6.45, 7) is 6.89. The highest BCUT2D eigenvalue weighted by Crippen LogP contribution is 2.31. The Hall–Kier alpha value is -1.45. The number of benzene rings is 1. The average molecular weight is 284 g/mol. The monoisotopic (exact) mass is 284 g/mol. The van der Waals surface area contributed by atoms with Gasteiger partial charge in [-0.3, -0.25) is 4.98 Å².